The Hall–Kier alpha value is -1.15. The highest BCUT2D eigenvalue weighted by Gasteiger charge is 2.37. The Morgan fingerprint density at radius 3 is 2.14 bits per heavy atom. The molecule has 1 saturated carbocycles. The van der Waals surface area contributed by atoms with Crippen LogP contribution in [0, 0.1) is 12.3 Å². The van der Waals surface area contributed by atoms with E-state index in [1.807, 2.05) is 0 Å². The number of aryl methyl sites for hydroxylation is 2. The van der Waals surface area contributed by atoms with Crippen molar-refractivity contribution in [3.8, 4) is 0 Å². The summed E-state index contributed by atoms with van der Waals surface area (Å²) in [6, 6.07) is 8.66. The van der Waals surface area contributed by atoms with Crippen LogP contribution < -0.4 is 0 Å². The van der Waals surface area contributed by atoms with E-state index in [9.17, 15) is 9.90 Å². The van der Waals surface area contributed by atoms with Crippen LogP contribution in [-0.2, 0) is 11.2 Å². The average Bonchev–Trinajstić information content (AvgIpc) is 2.51. The summed E-state index contributed by atoms with van der Waals surface area (Å²) in [7, 11) is 0. The van der Waals surface area contributed by atoms with Gasteiger partial charge in [0, 0.05) is 5.41 Å². The van der Waals surface area contributed by atoms with Crippen molar-refractivity contribution in [3.05, 3.63) is 35.4 Å². The Balaban J connectivity index is 0.000000235. The van der Waals surface area contributed by atoms with Crippen LogP contribution in [0.2, 0.25) is 0 Å². The molecule has 1 fully saturated rings. The summed E-state index contributed by atoms with van der Waals surface area (Å²) in [6.07, 6.45) is 6.42. The van der Waals surface area contributed by atoms with Gasteiger partial charge in [-0.25, -0.2) is 0 Å². The lowest BCUT2D eigenvalue weighted by molar-refractivity contribution is -0.130. The lowest BCUT2D eigenvalue weighted by atomic mass is 9.68. The van der Waals surface area contributed by atoms with Gasteiger partial charge in [-0.05, 0) is 57.9 Å². The minimum Gasteiger partial charge on any atom is -0.393 e. The van der Waals surface area contributed by atoms with Gasteiger partial charge in [0.05, 0.1) is 6.10 Å². The number of hydrogen-bond donors (Lipinski definition) is 1. The highest BCUT2D eigenvalue weighted by Crippen LogP contribution is 2.40. The van der Waals surface area contributed by atoms with Gasteiger partial charge in [-0.3, -0.25) is 4.79 Å². The molecule has 0 unspecified atom stereocenters. The number of aliphatic hydroxyl groups excluding tert-OH is 1. The molecule has 0 saturated heterocycles. The van der Waals surface area contributed by atoms with E-state index in [0.29, 0.717) is 5.78 Å². The number of rotatable bonds is 4. The highest BCUT2D eigenvalue weighted by atomic mass is 16.3. The van der Waals surface area contributed by atoms with Gasteiger partial charge in [-0.1, -0.05) is 50.1 Å². The third-order valence-corrected chi connectivity index (χ3v) is 4.92. The molecule has 0 radical (unpaired) electrons. The molecular formula is C20H32O2. The van der Waals surface area contributed by atoms with E-state index >= 15 is 0 Å². The van der Waals surface area contributed by atoms with Crippen molar-refractivity contribution in [2.75, 3.05) is 0 Å². The van der Waals surface area contributed by atoms with Crippen molar-refractivity contribution in [2.45, 2.75) is 78.7 Å². The summed E-state index contributed by atoms with van der Waals surface area (Å²) in [5.41, 5.74) is 2.67. The van der Waals surface area contributed by atoms with E-state index < -0.39 is 0 Å². The van der Waals surface area contributed by atoms with Gasteiger partial charge in [0.15, 0.2) is 0 Å². The molecule has 1 N–H and O–H groups in total. The van der Waals surface area contributed by atoms with Crippen molar-refractivity contribution in [1.29, 1.82) is 0 Å². The monoisotopic (exact) mass is 304 g/mol. The molecule has 2 rings (SSSR count). The van der Waals surface area contributed by atoms with Crippen molar-refractivity contribution in [1.82, 2.24) is 0 Å². The van der Waals surface area contributed by atoms with Crippen molar-refractivity contribution in [3.63, 3.8) is 0 Å². The van der Waals surface area contributed by atoms with Gasteiger partial charge in [-0.15, -0.1) is 0 Å². The molecule has 22 heavy (non-hydrogen) atoms. The smallest absolute Gasteiger partial charge is 0.135 e. The van der Waals surface area contributed by atoms with Crippen LogP contribution in [0.15, 0.2) is 24.3 Å². The lowest BCUT2D eigenvalue weighted by Gasteiger charge is -2.36. The number of aliphatic hydroxyl groups is 1. The van der Waals surface area contributed by atoms with E-state index in [1.165, 1.54) is 11.1 Å². The van der Waals surface area contributed by atoms with Crippen LogP contribution >= 0.6 is 0 Å². The molecule has 0 atom stereocenters. The topological polar surface area (TPSA) is 37.3 Å². The summed E-state index contributed by atoms with van der Waals surface area (Å²) in [6.45, 7) is 8.10. The number of benzene rings is 1. The molecule has 1 aliphatic rings. The molecule has 0 amide bonds. The first-order valence-electron chi connectivity index (χ1n) is 8.68. The molecule has 0 bridgehead atoms. The maximum atomic E-state index is 11.5. The number of Topliss-reactive ketones (excluding diaryl/α,β-unsaturated/α-hetero) is 1. The zero-order valence-corrected chi connectivity index (χ0v) is 14.7. The molecule has 0 heterocycles. The number of carbonyl (C=O) groups is 1. The summed E-state index contributed by atoms with van der Waals surface area (Å²) in [4.78, 5) is 11.5. The second kappa shape index (κ2) is 9.09. The van der Waals surface area contributed by atoms with Crippen LogP contribution in [0.25, 0.3) is 0 Å². The first-order chi connectivity index (χ1) is 10.4. The van der Waals surface area contributed by atoms with Gasteiger partial charge in [0.2, 0.25) is 0 Å². The summed E-state index contributed by atoms with van der Waals surface area (Å²) in [5, 5.41) is 9.38. The third kappa shape index (κ3) is 5.57. The Morgan fingerprint density at radius 2 is 1.73 bits per heavy atom. The fourth-order valence-corrected chi connectivity index (χ4v) is 3.24. The minimum absolute atomic E-state index is 0.0893. The van der Waals surface area contributed by atoms with Crippen LogP contribution in [-0.4, -0.2) is 17.0 Å². The quantitative estimate of drug-likeness (QED) is 0.863. The largest absolute Gasteiger partial charge is 0.393 e. The van der Waals surface area contributed by atoms with Crippen molar-refractivity contribution < 1.29 is 9.90 Å². The fourth-order valence-electron chi connectivity index (χ4n) is 3.24. The number of carbonyl (C=O) groups excluding carboxylic acids is 1. The van der Waals surface area contributed by atoms with Gasteiger partial charge in [0.25, 0.3) is 0 Å². The third-order valence-electron chi connectivity index (χ3n) is 4.92. The van der Waals surface area contributed by atoms with E-state index in [1.54, 1.807) is 6.92 Å². The van der Waals surface area contributed by atoms with Crippen molar-refractivity contribution >= 4 is 5.78 Å². The van der Waals surface area contributed by atoms with E-state index in [4.69, 9.17) is 0 Å². The molecule has 2 heteroatoms. The van der Waals surface area contributed by atoms with Crippen LogP contribution in [0.4, 0.5) is 0 Å². The molecule has 2 nitrogen and oxygen atoms in total. The molecule has 1 aromatic carbocycles. The Labute approximate surface area is 135 Å². The molecule has 0 aromatic heterocycles. The maximum Gasteiger partial charge on any atom is 0.135 e. The molecule has 0 aliphatic heterocycles. The van der Waals surface area contributed by atoms with E-state index in [-0.39, 0.29) is 11.5 Å². The van der Waals surface area contributed by atoms with Crippen LogP contribution in [0.1, 0.15) is 70.4 Å². The Morgan fingerprint density at radius 1 is 1.18 bits per heavy atom. The predicted molar refractivity (Wildman–Crippen MR) is 93.1 cm³/mol. The van der Waals surface area contributed by atoms with Gasteiger partial charge in [0.1, 0.15) is 5.78 Å². The van der Waals surface area contributed by atoms with E-state index in [2.05, 4.69) is 45.0 Å². The van der Waals surface area contributed by atoms with Gasteiger partial charge >= 0.3 is 0 Å². The molecule has 124 valence electrons. The van der Waals surface area contributed by atoms with E-state index in [0.717, 1.165) is 44.9 Å². The molecule has 0 spiro atoms. The second-order valence-corrected chi connectivity index (χ2v) is 6.66. The summed E-state index contributed by atoms with van der Waals surface area (Å²) in [5.74, 6) is 0.321. The first-order valence-corrected chi connectivity index (χ1v) is 8.68. The predicted octanol–water partition coefficient (Wildman–Crippen LogP) is 4.85. The second-order valence-electron chi connectivity index (χ2n) is 6.66. The van der Waals surface area contributed by atoms with Crippen LogP contribution in [0.3, 0.4) is 0 Å². The summed E-state index contributed by atoms with van der Waals surface area (Å²) < 4.78 is 0. The summed E-state index contributed by atoms with van der Waals surface area (Å²) >= 11 is 0. The zero-order chi connectivity index (χ0) is 16.6. The number of hydrogen-bond acceptors (Lipinski definition) is 2. The first kappa shape index (κ1) is 18.9. The molecular weight excluding hydrogens is 272 g/mol. The lowest BCUT2D eigenvalue weighted by Crippen LogP contribution is -2.35. The number of ketones is 1. The SMILES string of the molecule is CCCC1(C(C)=O)CCC(O)CC1.CCc1ccc(C)cc1. The molecule has 1 aliphatic carbocycles. The van der Waals surface area contributed by atoms with Gasteiger partial charge < -0.3 is 5.11 Å². The van der Waals surface area contributed by atoms with Crippen molar-refractivity contribution in [2.24, 2.45) is 5.41 Å². The molecule has 1 aromatic rings. The standard InChI is InChI=1S/C11H20O2.C9H12/c1-3-6-11(9(2)12)7-4-10(13)5-8-11;1-3-9-6-4-8(2)5-7-9/h10,13H,3-8H2,1-2H3;4-7H,3H2,1-2H3. The van der Waals surface area contributed by atoms with Crippen LogP contribution in [0.5, 0.6) is 0 Å². The maximum absolute atomic E-state index is 11.5. The Kier molecular flexibility index (Phi) is 7.81. The van der Waals surface area contributed by atoms with Gasteiger partial charge in [-0.2, -0.15) is 0 Å². The fraction of sp³-hybridized carbons (Fsp3) is 0.650. The highest BCUT2D eigenvalue weighted by molar-refractivity contribution is 5.82. The Bertz CT molecular complexity index is 439. The average molecular weight is 304 g/mol. The minimum atomic E-state index is -0.163. The zero-order valence-electron chi connectivity index (χ0n) is 14.7. The normalized spacial score (nSPS) is 24.3.